The van der Waals surface area contributed by atoms with Crippen molar-refractivity contribution in [3.63, 3.8) is 0 Å². The molecule has 0 aliphatic rings. The van der Waals surface area contributed by atoms with E-state index in [-0.39, 0.29) is 10.8 Å². The number of nitrogens with zero attached hydrogens (tertiary/aromatic N) is 3. The van der Waals surface area contributed by atoms with Crippen molar-refractivity contribution in [2.75, 3.05) is 5.32 Å². The lowest BCUT2D eigenvalue weighted by Crippen LogP contribution is -2.25. The van der Waals surface area contributed by atoms with Crippen molar-refractivity contribution < 1.29 is 4.92 Å². The minimum atomic E-state index is -0.457. The SMILES string of the molecule is C/C(=N/NC(=S)Nc1ccc([N+](=O)[O-])cc1)c1ccccn1. The molecule has 112 valence electrons. The van der Waals surface area contributed by atoms with E-state index in [0.29, 0.717) is 11.4 Å². The predicted octanol–water partition coefficient (Wildman–Crippen LogP) is 2.70. The van der Waals surface area contributed by atoms with Crippen molar-refractivity contribution >= 4 is 34.4 Å². The molecular formula is C14H13N5O2S. The van der Waals surface area contributed by atoms with Gasteiger partial charge in [0.25, 0.3) is 5.69 Å². The first-order valence-corrected chi connectivity index (χ1v) is 6.74. The molecule has 8 heteroatoms. The van der Waals surface area contributed by atoms with Crippen LogP contribution in [-0.2, 0) is 0 Å². The Labute approximate surface area is 132 Å². The molecule has 0 aliphatic carbocycles. The summed E-state index contributed by atoms with van der Waals surface area (Å²) < 4.78 is 0. The van der Waals surface area contributed by atoms with Gasteiger partial charge in [-0.3, -0.25) is 20.5 Å². The number of anilines is 1. The molecule has 0 amide bonds. The Hall–Kier alpha value is -2.87. The molecule has 0 saturated carbocycles. The number of rotatable bonds is 4. The number of pyridine rings is 1. The minimum absolute atomic E-state index is 0.0217. The summed E-state index contributed by atoms with van der Waals surface area (Å²) in [4.78, 5) is 14.3. The average Bonchev–Trinajstić information content (AvgIpc) is 2.54. The molecule has 2 N–H and O–H groups in total. The molecule has 0 radical (unpaired) electrons. The second-order valence-corrected chi connectivity index (χ2v) is 4.69. The lowest BCUT2D eigenvalue weighted by molar-refractivity contribution is -0.384. The van der Waals surface area contributed by atoms with Gasteiger partial charge in [0.2, 0.25) is 0 Å². The molecule has 0 atom stereocenters. The fourth-order valence-electron chi connectivity index (χ4n) is 1.59. The molecular weight excluding hydrogens is 302 g/mol. The van der Waals surface area contributed by atoms with Crippen molar-refractivity contribution in [1.29, 1.82) is 0 Å². The van der Waals surface area contributed by atoms with Crippen molar-refractivity contribution in [3.05, 3.63) is 64.5 Å². The first-order valence-electron chi connectivity index (χ1n) is 6.33. The third-order valence-corrected chi connectivity index (χ3v) is 2.89. The molecule has 0 fully saturated rings. The topological polar surface area (TPSA) is 92.5 Å². The second-order valence-electron chi connectivity index (χ2n) is 4.28. The summed E-state index contributed by atoms with van der Waals surface area (Å²) >= 11 is 5.11. The number of nitro groups is 1. The van der Waals surface area contributed by atoms with Crippen LogP contribution < -0.4 is 10.7 Å². The summed E-state index contributed by atoms with van der Waals surface area (Å²) in [5, 5.41) is 17.9. The molecule has 1 aromatic heterocycles. The summed E-state index contributed by atoms with van der Waals surface area (Å²) in [6, 6.07) is 11.5. The van der Waals surface area contributed by atoms with Crippen molar-refractivity contribution in [2.45, 2.75) is 6.92 Å². The first kappa shape index (κ1) is 15.5. The number of benzene rings is 1. The quantitative estimate of drug-likeness (QED) is 0.390. The van der Waals surface area contributed by atoms with E-state index in [1.807, 2.05) is 25.1 Å². The van der Waals surface area contributed by atoms with Gasteiger partial charge in [-0.2, -0.15) is 5.10 Å². The maximum Gasteiger partial charge on any atom is 0.269 e. The zero-order chi connectivity index (χ0) is 15.9. The van der Waals surface area contributed by atoms with E-state index in [2.05, 4.69) is 20.8 Å². The van der Waals surface area contributed by atoms with E-state index in [9.17, 15) is 10.1 Å². The van der Waals surface area contributed by atoms with Crippen molar-refractivity contribution in [3.8, 4) is 0 Å². The Morgan fingerprint density at radius 3 is 2.59 bits per heavy atom. The number of nitro benzene ring substituents is 1. The molecule has 0 unspecified atom stereocenters. The third-order valence-electron chi connectivity index (χ3n) is 2.70. The molecule has 0 spiro atoms. The smallest absolute Gasteiger partial charge is 0.269 e. The normalized spacial score (nSPS) is 10.9. The fourth-order valence-corrected chi connectivity index (χ4v) is 1.76. The zero-order valence-corrected chi connectivity index (χ0v) is 12.5. The lowest BCUT2D eigenvalue weighted by atomic mass is 10.3. The number of hydrazone groups is 1. The van der Waals surface area contributed by atoms with Crippen LogP contribution in [0.5, 0.6) is 0 Å². The summed E-state index contributed by atoms with van der Waals surface area (Å²) in [5.74, 6) is 0. The van der Waals surface area contributed by atoms with E-state index in [4.69, 9.17) is 12.2 Å². The van der Waals surface area contributed by atoms with Crippen LogP contribution in [0, 0.1) is 10.1 Å². The van der Waals surface area contributed by atoms with Gasteiger partial charge < -0.3 is 5.32 Å². The summed E-state index contributed by atoms with van der Waals surface area (Å²) in [5.41, 5.74) is 4.79. The molecule has 7 nitrogen and oxygen atoms in total. The maximum atomic E-state index is 10.6. The van der Waals surface area contributed by atoms with Gasteiger partial charge in [-0.25, -0.2) is 0 Å². The largest absolute Gasteiger partial charge is 0.331 e. The number of nitrogens with one attached hydrogen (secondary N) is 2. The molecule has 22 heavy (non-hydrogen) atoms. The fraction of sp³-hybridized carbons (Fsp3) is 0.0714. The number of hydrogen-bond acceptors (Lipinski definition) is 5. The highest BCUT2D eigenvalue weighted by Gasteiger charge is 2.04. The van der Waals surface area contributed by atoms with Gasteiger partial charge >= 0.3 is 0 Å². The second kappa shape index (κ2) is 7.23. The number of non-ortho nitro benzene ring substituents is 1. The number of thiocarbonyl (C=S) groups is 1. The zero-order valence-electron chi connectivity index (χ0n) is 11.7. The van der Waals surface area contributed by atoms with Gasteiger partial charge in [0.05, 0.1) is 16.3 Å². The molecule has 2 aromatic rings. The Bertz CT molecular complexity index is 701. The Balaban J connectivity index is 1.94. The molecule has 1 heterocycles. The van der Waals surface area contributed by atoms with Crippen LogP contribution in [0.1, 0.15) is 12.6 Å². The van der Waals surface area contributed by atoms with E-state index in [1.165, 1.54) is 12.1 Å². The van der Waals surface area contributed by atoms with Crippen molar-refractivity contribution in [2.24, 2.45) is 5.10 Å². The summed E-state index contributed by atoms with van der Waals surface area (Å²) in [6.45, 7) is 1.81. The highest BCUT2D eigenvalue weighted by atomic mass is 32.1. The monoisotopic (exact) mass is 315 g/mol. The van der Waals surface area contributed by atoms with Crippen LogP contribution in [0.2, 0.25) is 0 Å². The average molecular weight is 315 g/mol. The molecule has 0 aliphatic heterocycles. The highest BCUT2D eigenvalue weighted by Crippen LogP contribution is 2.15. The molecule has 0 bridgehead atoms. The van der Waals surface area contributed by atoms with E-state index < -0.39 is 4.92 Å². The van der Waals surface area contributed by atoms with Crippen LogP contribution in [0.15, 0.2) is 53.8 Å². The van der Waals surface area contributed by atoms with Gasteiger partial charge in [-0.05, 0) is 43.4 Å². The van der Waals surface area contributed by atoms with Crippen LogP contribution in [0.25, 0.3) is 0 Å². The van der Waals surface area contributed by atoms with Gasteiger partial charge in [0, 0.05) is 24.0 Å². The highest BCUT2D eigenvalue weighted by molar-refractivity contribution is 7.80. The standard InChI is InChI=1S/C14H13N5O2S/c1-10(13-4-2-3-9-15-13)17-18-14(22)16-11-5-7-12(8-6-11)19(20)21/h2-9H,1H3,(H2,16,18,22)/b17-10-. The van der Waals surface area contributed by atoms with Crippen molar-refractivity contribution in [1.82, 2.24) is 10.4 Å². The molecule has 2 rings (SSSR count). The summed E-state index contributed by atoms with van der Waals surface area (Å²) in [6.07, 6.45) is 1.68. The van der Waals surface area contributed by atoms with Gasteiger partial charge in [-0.1, -0.05) is 6.07 Å². The van der Waals surface area contributed by atoms with E-state index in [1.54, 1.807) is 18.3 Å². The summed E-state index contributed by atoms with van der Waals surface area (Å²) in [7, 11) is 0. The van der Waals surface area contributed by atoms with Crippen LogP contribution >= 0.6 is 12.2 Å². The third kappa shape index (κ3) is 4.32. The van der Waals surface area contributed by atoms with E-state index >= 15 is 0 Å². The van der Waals surface area contributed by atoms with Crippen LogP contribution in [-0.4, -0.2) is 20.7 Å². The Kier molecular flexibility index (Phi) is 5.10. The van der Waals surface area contributed by atoms with Gasteiger partial charge in [-0.15, -0.1) is 0 Å². The lowest BCUT2D eigenvalue weighted by Gasteiger charge is -2.07. The Morgan fingerprint density at radius 2 is 2.00 bits per heavy atom. The number of hydrogen-bond donors (Lipinski definition) is 2. The van der Waals surface area contributed by atoms with Crippen LogP contribution in [0.3, 0.4) is 0 Å². The van der Waals surface area contributed by atoms with Gasteiger partial charge in [0.1, 0.15) is 0 Å². The van der Waals surface area contributed by atoms with Crippen LogP contribution in [0.4, 0.5) is 11.4 Å². The van der Waals surface area contributed by atoms with E-state index in [0.717, 1.165) is 5.69 Å². The molecule has 0 saturated heterocycles. The molecule has 1 aromatic carbocycles. The predicted molar refractivity (Wildman–Crippen MR) is 88.9 cm³/mol. The number of aromatic nitrogens is 1. The maximum absolute atomic E-state index is 10.6. The Morgan fingerprint density at radius 1 is 1.27 bits per heavy atom. The minimum Gasteiger partial charge on any atom is -0.331 e. The van der Waals surface area contributed by atoms with Gasteiger partial charge in [0.15, 0.2) is 5.11 Å². The first-order chi connectivity index (χ1) is 10.6.